The average Bonchev–Trinajstić information content (AvgIpc) is 3.44. The molecule has 0 amide bonds. The van der Waals surface area contributed by atoms with Gasteiger partial charge in [0.1, 0.15) is 19.3 Å². The molecule has 0 aliphatic rings. The van der Waals surface area contributed by atoms with Crippen LogP contribution in [0.2, 0.25) is 0 Å². The Balaban J connectivity index is 5.21. The Morgan fingerprint density at radius 3 is 0.829 bits per heavy atom. The topological polar surface area (TPSA) is 237 Å². The number of carbonyl (C=O) groups is 4. The van der Waals surface area contributed by atoms with Crippen LogP contribution in [0, 0.1) is 17.8 Å². The van der Waals surface area contributed by atoms with E-state index in [2.05, 4.69) is 48.5 Å². The van der Waals surface area contributed by atoms with Crippen LogP contribution in [0.15, 0.2) is 0 Å². The van der Waals surface area contributed by atoms with Crippen molar-refractivity contribution in [3.63, 3.8) is 0 Å². The first-order valence-electron chi connectivity index (χ1n) is 32.8. The fourth-order valence-electron chi connectivity index (χ4n) is 9.30. The van der Waals surface area contributed by atoms with E-state index in [1.807, 2.05) is 0 Å². The monoisotopic (exact) mass is 1210 g/mol. The molecule has 0 saturated heterocycles. The summed E-state index contributed by atoms with van der Waals surface area (Å²) in [7, 11) is -9.88. The summed E-state index contributed by atoms with van der Waals surface area (Å²) < 4.78 is 67.8. The predicted octanol–water partition coefficient (Wildman–Crippen LogP) is 17.1. The second-order valence-electron chi connectivity index (χ2n) is 24.2. The molecule has 2 unspecified atom stereocenters. The van der Waals surface area contributed by atoms with E-state index in [9.17, 15) is 43.2 Å². The zero-order chi connectivity index (χ0) is 61.0. The van der Waals surface area contributed by atoms with Crippen LogP contribution in [0.25, 0.3) is 0 Å². The molecule has 82 heavy (non-hydrogen) atoms. The number of carbonyl (C=O) groups excluding carboxylic acids is 4. The fourth-order valence-corrected chi connectivity index (χ4v) is 10.9. The molecule has 17 nitrogen and oxygen atoms in total. The molecule has 0 bridgehead atoms. The van der Waals surface area contributed by atoms with Gasteiger partial charge < -0.3 is 33.8 Å². The quantitative estimate of drug-likeness (QED) is 0.0222. The standard InChI is InChI=1S/C63H122O17P2/c1-8-9-10-11-20-30-37-44-60(65)73-50-59(80-63(68)47-40-33-26-25-29-36-43-56(6)7)53-78-82(71,72)76-49-57(64)48-75-81(69,70)77-52-58(51-74-61(66)45-38-31-23-19-18-22-28-35-42-55(4)5)79-62(67)46-39-32-24-17-15-13-12-14-16-21-27-34-41-54(2)3/h54-59,64H,8-53H2,1-7H3,(H,69,70)(H,71,72)/t57-,58-,59-/m1/s1. The van der Waals surface area contributed by atoms with Gasteiger partial charge in [-0.3, -0.25) is 37.3 Å². The van der Waals surface area contributed by atoms with Crippen molar-refractivity contribution in [3.05, 3.63) is 0 Å². The van der Waals surface area contributed by atoms with Crippen LogP contribution in [0.4, 0.5) is 0 Å². The maximum absolute atomic E-state index is 13.0. The summed E-state index contributed by atoms with van der Waals surface area (Å²) in [5, 5.41) is 10.5. The molecule has 5 atom stereocenters. The Bertz CT molecular complexity index is 1630. The number of phosphoric acid groups is 2. The van der Waals surface area contributed by atoms with Gasteiger partial charge in [0.15, 0.2) is 12.2 Å². The van der Waals surface area contributed by atoms with Gasteiger partial charge in [-0.2, -0.15) is 0 Å². The van der Waals surface area contributed by atoms with Gasteiger partial charge in [-0.25, -0.2) is 9.13 Å². The second-order valence-corrected chi connectivity index (χ2v) is 27.1. The van der Waals surface area contributed by atoms with Gasteiger partial charge in [0.25, 0.3) is 0 Å². The highest BCUT2D eigenvalue weighted by molar-refractivity contribution is 7.47. The summed E-state index contributed by atoms with van der Waals surface area (Å²) in [6.07, 6.45) is 35.1. The van der Waals surface area contributed by atoms with Gasteiger partial charge in [0.2, 0.25) is 0 Å². The van der Waals surface area contributed by atoms with E-state index in [1.165, 1.54) is 103 Å². The molecule has 19 heteroatoms. The highest BCUT2D eigenvalue weighted by Crippen LogP contribution is 2.45. The van der Waals surface area contributed by atoms with Crippen LogP contribution >= 0.6 is 15.6 Å². The minimum absolute atomic E-state index is 0.101. The van der Waals surface area contributed by atoms with Crippen molar-refractivity contribution in [2.45, 2.75) is 324 Å². The third kappa shape index (κ3) is 57.2. The maximum atomic E-state index is 13.0. The van der Waals surface area contributed by atoms with Gasteiger partial charge in [-0.15, -0.1) is 0 Å². The Kier molecular flexibility index (Phi) is 53.2. The Morgan fingerprint density at radius 2 is 0.561 bits per heavy atom. The molecule has 3 N–H and O–H groups in total. The summed E-state index contributed by atoms with van der Waals surface area (Å²) in [5.74, 6) is 0.0273. The van der Waals surface area contributed by atoms with Crippen LogP contribution in [-0.4, -0.2) is 96.7 Å². The number of esters is 4. The molecule has 0 heterocycles. The minimum atomic E-state index is -4.94. The number of unbranched alkanes of at least 4 members (excludes halogenated alkanes) is 29. The number of hydrogen-bond donors (Lipinski definition) is 3. The van der Waals surface area contributed by atoms with E-state index in [0.717, 1.165) is 115 Å². The fraction of sp³-hybridized carbons (Fsp3) is 0.937. The summed E-state index contributed by atoms with van der Waals surface area (Å²) >= 11 is 0. The molecule has 0 aliphatic heterocycles. The first-order chi connectivity index (χ1) is 39.2. The van der Waals surface area contributed by atoms with Crippen molar-refractivity contribution >= 4 is 39.5 Å². The van der Waals surface area contributed by atoms with E-state index >= 15 is 0 Å². The van der Waals surface area contributed by atoms with Gasteiger partial charge in [-0.05, 0) is 43.4 Å². The van der Waals surface area contributed by atoms with Crippen LogP contribution in [0.3, 0.4) is 0 Å². The van der Waals surface area contributed by atoms with Gasteiger partial charge >= 0.3 is 39.5 Å². The summed E-state index contributed by atoms with van der Waals surface area (Å²) in [5.41, 5.74) is 0. The number of ether oxygens (including phenoxy) is 4. The van der Waals surface area contributed by atoms with Crippen molar-refractivity contribution in [3.8, 4) is 0 Å². The maximum Gasteiger partial charge on any atom is 0.472 e. The second kappa shape index (κ2) is 54.5. The SMILES string of the molecule is CCCCCCCCCC(=O)OC[C@H](COP(=O)(O)OC[C@H](O)COP(=O)(O)OC[C@@H](COC(=O)CCCCCCCCCCC(C)C)OC(=O)CCCCCCCCCCCCCCC(C)C)OC(=O)CCCCCCCCC(C)C. The van der Waals surface area contributed by atoms with Crippen molar-refractivity contribution in [2.24, 2.45) is 17.8 Å². The summed E-state index contributed by atoms with van der Waals surface area (Å²) in [4.78, 5) is 72.0. The van der Waals surface area contributed by atoms with Gasteiger partial charge in [-0.1, -0.05) is 254 Å². The molecular weight excluding hydrogens is 1090 g/mol. The molecule has 0 aliphatic carbocycles. The number of rotatable bonds is 61. The minimum Gasteiger partial charge on any atom is -0.462 e. The molecule has 0 fully saturated rings. The highest BCUT2D eigenvalue weighted by atomic mass is 31.2. The number of aliphatic hydroxyl groups excluding tert-OH is 1. The number of phosphoric ester groups is 2. The lowest BCUT2D eigenvalue weighted by atomic mass is 10.0. The molecule has 0 rings (SSSR count). The number of aliphatic hydroxyl groups is 1. The van der Waals surface area contributed by atoms with Crippen LogP contribution in [0.5, 0.6) is 0 Å². The lowest BCUT2D eigenvalue weighted by Gasteiger charge is -2.21. The number of hydrogen-bond acceptors (Lipinski definition) is 15. The molecule has 486 valence electrons. The van der Waals surface area contributed by atoms with Crippen LogP contribution < -0.4 is 0 Å². The van der Waals surface area contributed by atoms with Crippen molar-refractivity contribution < 1.29 is 80.2 Å². The molecular formula is C63H122O17P2. The summed E-state index contributed by atoms with van der Waals surface area (Å²) in [6.45, 7) is 11.6. The van der Waals surface area contributed by atoms with E-state index in [1.54, 1.807) is 0 Å². The Hall–Kier alpha value is -1.94. The molecule has 0 aromatic rings. The van der Waals surface area contributed by atoms with E-state index in [-0.39, 0.29) is 25.7 Å². The van der Waals surface area contributed by atoms with E-state index in [4.69, 9.17) is 37.0 Å². The van der Waals surface area contributed by atoms with E-state index < -0.39 is 97.5 Å². The lowest BCUT2D eigenvalue weighted by Crippen LogP contribution is -2.30. The lowest BCUT2D eigenvalue weighted by molar-refractivity contribution is -0.161. The molecule has 0 aromatic carbocycles. The third-order valence-corrected chi connectivity index (χ3v) is 16.3. The average molecular weight is 1210 g/mol. The van der Waals surface area contributed by atoms with E-state index in [0.29, 0.717) is 31.6 Å². The zero-order valence-electron chi connectivity index (χ0n) is 52.9. The molecule has 0 radical (unpaired) electrons. The van der Waals surface area contributed by atoms with Gasteiger partial charge in [0.05, 0.1) is 26.4 Å². The molecule has 0 spiro atoms. The van der Waals surface area contributed by atoms with Crippen molar-refractivity contribution in [1.82, 2.24) is 0 Å². The predicted molar refractivity (Wildman–Crippen MR) is 326 cm³/mol. The normalized spacial score (nSPS) is 14.4. The van der Waals surface area contributed by atoms with Crippen molar-refractivity contribution in [1.29, 1.82) is 0 Å². The van der Waals surface area contributed by atoms with Crippen LogP contribution in [-0.2, 0) is 65.4 Å². The largest absolute Gasteiger partial charge is 0.472 e. The highest BCUT2D eigenvalue weighted by Gasteiger charge is 2.30. The first-order valence-corrected chi connectivity index (χ1v) is 35.8. The Morgan fingerprint density at radius 1 is 0.329 bits per heavy atom. The summed E-state index contributed by atoms with van der Waals surface area (Å²) in [6, 6.07) is 0. The Labute approximate surface area is 498 Å². The van der Waals surface area contributed by atoms with Crippen molar-refractivity contribution in [2.75, 3.05) is 39.6 Å². The van der Waals surface area contributed by atoms with Gasteiger partial charge in [0, 0.05) is 25.7 Å². The van der Waals surface area contributed by atoms with Crippen LogP contribution in [0.1, 0.15) is 305 Å². The smallest absolute Gasteiger partial charge is 0.462 e. The third-order valence-electron chi connectivity index (χ3n) is 14.4. The molecule has 0 aromatic heterocycles. The molecule has 0 saturated carbocycles. The first kappa shape index (κ1) is 80.1. The zero-order valence-corrected chi connectivity index (χ0v) is 54.7.